The average molecular weight is 368 g/mol. The van der Waals surface area contributed by atoms with Gasteiger partial charge >= 0.3 is 0 Å². The molecule has 0 unspecified atom stereocenters. The fraction of sp³-hybridized carbons (Fsp3) is 0.450. The molecular weight excluding hydrogens is 344 g/mol. The Balaban J connectivity index is 1.45. The Hall–Kier alpha value is -2.67. The number of nitrogens with one attached hydrogen (secondary N) is 1. The number of carbonyl (C=O) groups excluding carboxylic acids is 2. The fourth-order valence-electron chi connectivity index (χ4n) is 3.57. The van der Waals surface area contributed by atoms with Crippen molar-refractivity contribution in [2.45, 2.75) is 18.9 Å². The number of para-hydroxylation sites is 1. The van der Waals surface area contributed by atoms with Gasteiger partial charge in [0.25, 0.3) is 11.5 Å². The molecule has 1 saturated carbocycles. The minimum Gasteiger partial charge on any atom is -0.352 e. The molecule has 2 fully saturated rings. The van der Waals surface area contributed by atoms with Gasteiger partial charge in [0.2, 0.25) is 5.91 Å². The summed E-state index contributed by atoms with van der Waals surface area (Å²) in [5.74, 6) is -0.0548. The van der Waals surface area contributed by atoms with Gasteiger partial charge in [-0.25, -0.2) is 0 Å². The fourth-order valence-corrected chi connectivity index (χ4v) is 3.57. The van der Waals surface area contributed by atoms with Gasteiger partial charge < -0.3 is 14.8 Å². The van der Waals surface area contributed by atoms with E-state index in [-0.39, 0.29) is 17.4 Å². The Morgan fingerprint density at radius 1 is 1.11 bits per heavy atom. The number of rotatable bonds is 4. The Labute approximate surface area is 157 Å². The molecule has 1 aliphatic carbocycles. The van der Waals surface area contributed by atoms with E-state index in [9.17, 15) is 14.4 Å². The number of fused-ring (bicyclic) bond motifs is 1. The molecule has 1 aromatic heterocycles. The lowest BCUT2D eigenvalue weighted by atomic mass is 10.1. The van der Waals surface area contributed by atoms with Gasteiger partial charge in [-0.05, 0) is 18.9 Å². The van der Waals surface area contributed by atoms with Gasteiger partial charge in [0.05, 0.1) is 17.6 Å². The second kappa shape index (κ2) is 7.15. The van der Waals surface area contributed by atoms with Gasteiger partial charge in [0.1, 0.15) is 0 Å². The second-order valence-electron chi connectivity index (χ2n) is 7.38. The Kier molecular flexibility index (Phi) is 4.70. The van der Waals surface area contributed by atoms with E-state index in [2.05, 4.69) is 10.2 Å². The summed E-state index contributed by atoms with van der Waals surface area (Å²) in [6.07, 6.45) is 2.16. The van der Waals surface area contributed by atoms with Crippen molar-refractivity contribution in [1.82, 2.24) is 19.7 Å². The first-order valence-electron chi connectivity index (χ1n) is 9.42. The summed E-state index contributed by atoms with van der Waals surface area (Å²) in [7, 11) is 1.71. The quantitative estimate of drug-likeness (QED) is 0.857. The highest BCUT2D eigenvalue weighted by Gasteiger charge is 2.27. The summed E-state index contributed by atoms with van der Waals surface area (Å²) in [6, 6.07) is 9.26. The van der Waals surface area contributed by atoms with Crippen LogP contribution in [0.4, 0.5) is 0 Å². The lowest BCUT2D eigenvalue weighted by Crippen LogP contribution is -2.51. The van der Waals surface area contributed by atoms with Crippen LogP contribution in [0, 0.1) is 0 Å². The lowest BCUT2D eigenvalue weighted by molar-refractivity contribution is -0.122. The van der Waals surface area contributed by atoms with Crippen LogP contribution in [0.25, 0.3) is 10.9 Å². The maximum Gasteiger partial charge on any atom is 0.254 e. The number of aromatic nitrogens is 1. The lowest BCUT2D eigenvalue weighted by Gasteiger charge is -2.34. The van der Waals surface area contributed by atoms with E-state index in [1.165, 1.54) is 6.07 Å². The van der Waals surface area contributed by atoms with E-state index in [1.807, 2.05) is 24.3 Å². The highest BCUT2D eigenvalue weighted by atomic mass is 16.2. The molecule has 142 valence electrons. The second-order valence-corrected chi connectivity index (χ2v) is 7.38. The van der Waals surface area contributed by atoms with Crippen molar-refractivity contribution in [3.63, 3.8) is 0 Å². The average Bonchev–Trinajstić information content (AvgIpc) is 3.48. The normalized spacial score (nSPS) is 17.9. The molecular formula is C20H24N4O3. The van der Waals surface area contributed by atoms with Gasteiger partial charge in [-0.1, -0.05) is 18.2 Å². The number of aryl methyl sites for hydroxylation is 1. The van der Waals surface area contributed by atoms with E-state index < -0.39 is 0 Å². The van der Waals surface area contributed by atoms with Gasteiger partial charge in [0, 0.05) is 50.7 Å². The number of benzene rings is 1. The molecule has 0 radical (unpaired) electrons. The minimum atomic E-state index is -0.188. The topological polar surface area (TPSA) is 74.7 Å². The molecule has 7 heteroatoms. The highest BCUT2D eigenvalue weighted by Crippen LogP contribution is 2.20. The van der Waals surface area contributed by atoms with E-state index in [4.69, 9.17) is 0 Å². The van der Waals surface area contributed by atoms with Crippen molar-refractivity contribution in [1.29, 1.82) is 0 Å². The molecule has 1 saturated heterocycles. The molecule has 0 atom stereocenters. The van der Waals surface area contributed by atoms with Crippen molar-refractivity contribution in [2.75, 3.05) is 32.7 Å². The van der Waals surface area contributed by atoms with Crippen LogP contribution in [0.5, 0.6) is 0 Å². The summed E-state index contributed by atoms with van der Waals surface area (Å²) in [6.45, 7) is 2.81. The van der Waals surface area contributed by atoms with E-state index in [0.717, 1.165) is 23.7 Å². The van der Waals surface area contributed by atoms with Crippen molar-refractivity contribution in [3.05, 3.63) is 46.2 Å². The molecule has 0 bridgehead atoms. The number of amides is 2. The standard InChI is InChI=1S/C20H24N4O3/c1-22-17-5-3-2-4-15(17)16(12-19(22)26)20(27)24-10-8-23(9-11-24)13-18(25)21-14-6-7-14/h2-5,12,14H,6-11,13H2,1H3,(H,21,25). The molecule has 1 aromatic carbocycles. The summed E-state index contributed by atoms with van der Waals surface area (Å²) in [5, 5.41) is 3.78. The molecule has 7 nitrogen and oxygen atoms in total. The Morgan fingerprint density at radius 2 is 1.81 bits per heavy atom. The van der Waals surface area contributed by atoms with Gasteiger partial charge in [-0.15, -0.1) is 0 Å². The van der Waals surface area contributed by atoms with Crippen LogP contribution in [0.3, 0.4) is 0 Å². The number of piperazine rings is 1. The molecule has 27 heavy (non-hydrogen) atoms. The smallest absolute Gasteiger partial charge is 0.254 e. The van der Waals surface area contributed by atoms with E-state index in [0.29, 0.717) is 44.3 Å². The van der Waals surface area contributed by atoms with Crippen molar-refractivity contribution in [3.8, 4) is 0 Å². The third-order valence-corrected chi connectivity index (χ3v) is 5.35. The SMILES string of the molecule is Cn1c(=O)cc(C(=O)N2CCN(CC(=O)NC3CC3)CC2)c2ccccc21. The monoisotopic (exact) mass is 368 g/mol. The molecule has 2 aromatic rings. The highest BCUT2D eigenvalue weighted by molar-refractivity contribution is 6.06. The van der Waals surface area contributed by atoms with Crippen LogP contribution >= 0.6 is 0 Å². The van der Waals surface area contributed by atoms with Gasteiger partial charge in [-0.3, -0.25) is 19.3 Å². The third-order valence-electron chi connectivity index (χ3n) is 5.35. The summed E-state index contributed by atoms with van der Waals surface area (Å²) in [5.41, 5.74) is 1.02. The predicted octanol–water partition coefficient (Wildman–Crippen LogP) is 0.575. The maximum absolute atomic E-state index is 13.0. The molecule has 1 aliphatic heterocycles. The van der Waals surface area contributed by atoms with Crippen LogP contribution in [-0.2, 0) is 11.8 Å². The Bertz CT molecular complexity index is 940. The van der Waals surface area contributed by atoms with Crippen molar-refractivity contribution in [2.24, 2.45) is 7.05 Å². The number of nitrogens with zero attached hydrogens (tertiary/aromatic N) is 3. The predicted molar refractivity (Wildman–Crippen MR) is 103 cm³/mol. The largest absolute Gasteiger partial charge is 0.352 e. The molecule has 0 spiro atoms. The van der Waals surface area contributed by atoms with Gasteiger partial charge in [0.15, 0.2) is 0 Å². The maximum atomic E-state index is 13.0. The molecule has 2 heterocycles. The summed E-state index contributed by atoms with van der Waals surface area (Å²) < 4.78 is 1.56. The minimum absolute atomic E-state index is 0.0647. The Morgan fingerprint density at radius 3 is 2.52 bits per heavy atom. The molecule has 1 N–H and O–H groups in total. The first-order chi connectivity index (χ1) is 13.0. The number of pyridine rings is 1. The van der Waals surface area contributed by atoms with Crippen LogP contribution in [0.15, 0.2) is 35.1 Å². The molecule has 2 aliphatic rings. The van der Waals surface area contributed by atoms with E-state index in [1.54, 1.807) is 16.5 Å². The van der Waals surface area contributed by atoms with Crippen LogP contribution in [-0.4, -0.2) is 64.9 Å². The zero-order chi connectivity index (χ0) is 19.0. The van der Waals surface area contributed by atoms with E-state index >= 15 is 0 Å². The first kappa shape index (κ1) is 17.7. The number of hydrogen-bond donors (Lipinski definition) is 1. The van der Waals surface area contributed by atoms with Gasteiger partial charge in [-0.2, -0.15) is 0 Å². The summed E-state index contributed by atoms with van der Waals surface area (Å²) >= 11 is 0. The molecule has 2 amide bonds. The first-order valence-corrected chi connectivity index (χ1v) is 9.42. The number of hydrogen-bond acceptors (Lipinski definition) is 4. The van der Waals surface area contributed by atoms with Crippen molar-refractivity contribution < 1.29 is 9.59 Å². The zero-order valence-corrected chi connectivity index (χ0v) is 15.5. The van der Waals surface area contributed by atoms with Crippen LogP contribution in [0.2, 0.25) is 0 Å². The van der Waals surface area contributed by atoms with Crippen LogP contribution < -0.4 is 10.9 Å². The summed E-state index contributed by atoms with van der Waals surface area (Å²) in [4.78, 5) is 41.1. The van der Waals surface area contributed by atoms with Crippen LogP contribution in [0.1, 0.15) is 23.2 Å². The third kappa shape index (κ3) is 3.73. The number of carbonyl (C=O) groups is 2. The molecule has 4 rings (SSSR count). The zero-order valence-electron chi connectivity index (χ0n) is 15.5. The van der Waals surface area contributed by atoms with Crippen molar-refractivity contribution >= 4 is 22.7 Å².